The number of nitrogens with zero attached hydrogens (tertiary/aromatic N) is 5. The van der Waals surface area contributed by atoms with Crippen molar-refractivity contribution in [1.29, 1.82) is 0 Å². The van der Waals surface area contributed by atoms with Crippen LogP contribution < -0.4 is 5.56 Å². The molecule has 1 aromatic carbocycles. The Kier molecular flexibility index (Phi) is 5.37. The first kappa shape index (κ1) is 20.3. The van der Waals surface area contributed by atoms with Crippen LogP contribution in [-0.2, 0) is 35.2 Å². The van der Waals surface area contributed by atoms with E-state index in [1.807, 2.05) is 18.2 Å². The highest BCUT2D eigenvalue weighted by Gasteiger charge is 2.29. The Labute approximate surface area is 180 Å². The van der Waals surface area contributed by atoms with Crippen LogP contribution >= 0.6 is 0 Å². The van der Waals surface area contributed by atoms with Crippen LogP contribution in [-0.4, -0.2) is 65.3 Å². The summed E-state index contributed by atoms with van der Waals surface area (Å²) in [5.41, 5.74) is 3.10. The molecule has 0 unspecified atom stereocenters. The van der Waals surface area contributed by atoms with Crippen molar-refractivity contribution in [1.82, 2.24) is 24.1 Å². The largest absolute Gasteiger partial charge is 0.356 e. The number of aryl methyl sites for hydroxylation is 2. The Balaban J connectivity index is 1.18. The van der Waals surface area contributed by atoms with Gasteiger partial charge in [0, 0.05) is 44.2 Å². The molecule has 2 aromatic heterocycles. The van der Waals surface area contributed by atoms with Gasteiger partial charge in [0.2, 0.25) is 10.0 Å². The van der Waals surface area contributed by atoms with Crippen molar-refractivity contribution in [3.63, 3.8) is 0 Å². The molecule has 164 valence electrons. The van der Waals surface area contributed by atoms with E-state index in [1.165, 1.54) is 4.31 Å². The van der Waals surface area contributed by atoms with Crippen molar-refractivity contribution < 1.29 is 12.9 Å². The van der Waals surface area contributed by atoms with E-state index in [9.17, 15) is 13.2 Å². The van der Waals surface area contributed by atoms with E-state index in [0.717, 1.165) is 35.9 Å². The molecule has 0 amide bonds. The van der Waals surface area contributed by atoms with Gasteiger partial charge in [-0.15, -0.1) is 0 Å². The zero-order valence-corrected chi connectivity index (χ0v) is 18.1. The second kappa shape index (κ2) is 8.18. The lowest BCUT2D eigenvalue weighted by Crippen LogP contribution is -2.49. The topological polar surface area (TPSA) is 102 Å². The van der Waals surface area contributed by atoms with Gasteiger partial charge in [0.1, 0.15) is 11.4 Å². The van der Waals surface area contributed by atoms with Gasteiger partial charge in [-0.05, 0) is 37.0 Å². The van der Waals surface area contributed by atoms with Gasteiger partial charge in [0.25, 0.3) is 5.56 Å². The number of benzene rings is 1. The Morgan fingerprint density at radius 2 is 1.84 bits per heavy atom. The second-order valence-electron chi connectivity index (χ2n) is 8.15. The minimum Gasteiger partial charge on any atom is -0.356 e. The predicted molar refractivity (Wildman–Crippen MR) is 115 cm³/mol. The number of hydrogen-bond donors (Lipinski definition) is 0. The number of para-hydroxylation sites is 1. The minimum absolute atomic E-state index is 0.0540. The highest BCUT2D eigenvalue weighted by Crippen LogP contribution is 2.22. The van der Waals surface area contributed by atoms with Crippen molar-refractivity contribution in [2.24, 2.45) is 0 Å². The first-order valence-corrected chi connectivity index (χ1v) is 12.2. The molecule has 0 bridgehead atoms. The maximum Gasteiger partial charge on any atom is 0.267 e. The van der Waals surface area contributed by atoms with Gasteiger partial charge < -0.3 is 4.52 Å². The van der Waals surface area contributed by atoms with E-state index in [2.05, 4.69) is 15.2 Å². The number of fused-ring (bicyclic) bond motifs is 2. The molecular formula is C21H25N5O4S. The molecule has 3 heterocycles. The molecule has 0 radical (unpaired) electrons. The average Bonchev–Trinajstić information content (AvgIpc) is 3.39. The monoisotopic (exact) mass is 443 g/mol. The number of hydrogen-bond acceptors (Lipinski definition) is 7. The van der Waals surface area contributed by atoms with E-state index in [-0.39, 0.29) is 11.3 Å². The van der Waals surface area contributed by atoms with Crippen LogP contribution in [0.1, 0.15) is 23.4 Å². The summed E-state index contributed by atoms with van der Waals surface area (Å²) in [4.78, 5) is 14.4. The lowest BCUT2D eigenvalue weighted by atomic mass is 10.2. The first-order chi connectivity index (χ1) is 15.0. The van der Waals surface area contributed by atoms with Crippen LogP contribution in [0.25, 0.3) is 11.0 Å². The van der Waals surface area contributed by atoms with Gasteiger partial charge in [-0.25, -0.2) is 13.1 Å². The fraction of sp³-hybridized carbons (Fsp3) is 0.476. The van der Waals surface area contributed by atoms with Crippen LogP contribution in [0.4, 0.5) is 0 Å². The number of sulfonamides is 1. The summed E-state index contributed by atoms with van der Waals surface area (Å²) in [6.07, 6.45) is 2.94. The van der Waals surface area contributed by atoms with Crippen LogP contribution in [0.3, 0.4) is 0 Å². The van der Waals surface area contributed by atoms with E-state index in [0.29, 0.717) is 50.5 Å². The lowest BCUT2D eigenvalue weighted by Gasteiger charge is -2.33. The Morgan fingerprint density at radius 3 is 2.68 bits per heavy atom. The highest BCUT2D eigenvalue weighted by atomic mass is 32.2. The zero-order valence-electron chi connectivity index (χ0n) is 17.2. The van der Waals surface area contributed by atoms with Crippen LogP contribution in [0.5, 0.6) is 0 Å². The van der Waals surface area contributed by atoms with Crippen molar-refractivity contribution in [3.8, 4) is 0 Å². The third-order valence-corrected chi connectivity index (χ3v) is 7.94. The van der Waals surface area contributed by atoms with Crippen LogP contribution in [0.2, 0.25) is 0 Å². The smallest absolute Gasteiger partial charge is 0.267 e. The van der Waals surface area contributed by atoms with Gasteiger partial charge in [-0.1, -0.05) is 17.3 Å². The quantitative estimate of drug-likeness (QED) is 0.561. The highest BCUT2D eigenvalue weighted by molar-refractivity contribution is 7.88. The van der Waals surface area contributed by atoms with E-state index < -0.39 is 10.0 Å². The molecule has 1 aliphatic carbocycles. The number of aromatic nitrogens is 3. The van der Waals surface area contributed by atoms with Crippen molar-refractivity contribution >= 4 is 21.0 Å². The van der Waals surface area contributed by atoms with Crippen molar-refractivity contribution in [2.45, 2.75) is 31.6 Å². The molecular weight excluding hydrogens is 418 g/mol. The van der Waals surface area contributed by atoms with Crippen LogP contribution in [0.15, 0.2) is 39.6 Å². The molecule has 2 aliphatic rings. The Hall–Kier alpha value is -2.56. The fourth-order valence-electron chi connectivity index (χ4n) is 4.37. The standard InChI is InChI=1S/C21H25N5O4S/c27-21-14-16-4-3-6-18(16)22-26(21)13-10-24-8-11-25(12-9-24)31(28,29)15-19-17-5-1-2-7-20(17)30-23-19/h1-2,5,7,14H,3-4,6,8-13,15H2. The Morgan fingerprint density at radius 1 is 1.03 bits per heavy atom. The molecule has 1 fully saturated rings. The minimum atomic E-state index is -3.49. The lowest BCUT2D eigenvalue weighted by molar-refractivity contribution is 0.180. The molecule has 1 saturated heterocycles. The van der Waals surface area contributed by atoms with E-state index >= 15 is 0 Å². The molecule has 9 nitrogen and oxygen atoms in total. The normalized spacial score (nSPS) is 17.9. The maximum atomic E-state index is 12.9. The number of rotatable bonds is 6. The van der Waals surface area contributed by atoms with Gasteiger partial charge in [-0.2, -0.15) is 9.40 Å². The molecule has 1 aliphatic heterocycles. The Bertz CT molecular complexity index is 1260. The SMILES string of the molecule is O=c1cc2c(nn1CCN1CCN(S(=O)(=O)Cc3noc4ccccc34)CC1)CCC2. The molecule has 10 heteroatoms. The molecule has 3 aromatic rings. The molecule has 0 N–H and O–H groups in total. The molecule has 31 heavy (non-hydrogen) atoms. The summed E-state index contributed by atoms with van der Waals surface area (Å²) in [6, 6.07) is 8.99. The molecule has 0 spiro atoms. The van der Waals surface area contributed by atoms with Gasteiger partial charge in [-0.3, -0.25) is 9.69 Å². The van der Waals surface area contributed by atoms with Gasteiger partial charge >= 0.3 is 0 Å². The summed E-state index contributed by atoms with van der Waals surface area (Å²) in [5, 5.41) is 9.20. The summed E-state index contributed by atoms with van der Waals surface area (Å²) in [7, 11) is -3.49. The molecule has 0 saturated carbocycles. The third-order valence-electron chi connectivity index (χ3n) is 6.15. The summed E-state index contributed by atoms with van der Waals surface area (Å²) >= 11 is 0. The zero-order chi connectivity index (χ0) is 21.4. The summed E-state index contributed by atoms with van der Waals surface area (Å²) in [6.45, 7) is 3.28. The van der Waals surface area contributed by atoms with Gasteiger partial charge in [0.15, 0.2) is 5.58 Å². The second-order valence-corrected chi connectivity index (χ2v) is 10.1. The first-order valence-electron chi connectivity index (χ1n) is 10.6. The average molecular weight is 444 g/mol. The van der Waals surface area contributed by atoms with Crippen molar-refractivity contribution in [3.05, 3.63) is 57.6 Å². The van der Waals surface area contributed by atoms with E-state index in [1.54, 1.807) is 16.8 Å². The molecule has 0 atom stereocenters. The van der Waals surface area contributed by atoms with Crippen LogP contribution in [0, 0.1) is 0 Å². The van der Waals surface area contributed by atoms with E-state index in [4.69, 9.17) is 4.52 Å². The maximum absolute atomic E-state index is 12.9. The third kappa shape index (κ3) is 4.15. The molecule has 5 rings (SSSR count). The van der Waals surface area contributed by atoms with Gasteiger partial charge in [0.05, 0.1) is 12.2 Å². The fourth-order valence-corrected chi connectivity index (χ4v) is 5.83. The summed E-state index contributed by atoms with van der Waals surface area (Å²) in [5.74, 6) is -0.168. The summed E-state index contributed by atoms with van der Waals surface area (Å²) < 4.78 is 34.1. The number of piperazine rings is 1. The predicted octanol–water partition coefficient (Wildman–Crippen LogP) is 1.02. The van der Waals surface area contributed by atoms with Crippen molar-refractivity contribution in [2.75, 3.05) is 32.7 Å².